The molecule has 168 valence electrons. The van der Waals surface area contributed by atoms with Crippen molar-refractivity contribution in [2.75, 3.05) is 24.9 Å². The predicted molar refractivity (Wildman–Crippen MR) is 125 cm³/mol. The molecule has 1 fully saturated rings. The highest BCUT2D eigenvalue weighted by Gasteiger charge is 2.50. The quantitative estimate of drug-likeness (QED) is 0.550. The zero-order valence-electron chi connectivity index (χ0n) is 17.0. The number of aliphatic imine (C=N–C) groups is 1. The van der Waals surface area contributed by atoms with Crippen LogP contribution in [0, 0.1) is 0 Å². The minimum atomic E-state index is -3.59. The molecule has 8 nitrogen and oxygen atoms in total. The molecule has 1 amide bonds. The monoisotopic (exact) mass is 484 g/mol. The van der Waals surface area contributed by atoms with Crippen LogP contribution in [0.5, 0.6) is 5.75 Å². The smallest absolute Gasteiger partial charge is 0.306 e. The number of carbonyl (C=O) groups is 1. The van der Waals surface area contributed by atoms with Gasteiger partial charge in [0.25, 0.3) is 5.91 Å². The number of hydrogen-bond acceptors (Lipinski definition) is 8. The summed E-state index contributed by atoms with van der Waals surface area (Å²) in [5.41, 5.74) is 1.64. The van der Waals surface area contributed by atoms with E-state index in [9.17, 15) is 22.3 Å². The lowest BCUT2D eigenvalue weighted by Crippen LogP contribution is -2.28. The van der Waals surface area contributed by atoms with Crippen LogP contribution in [0.3, 0.4) is 0 Å². The lowest BCUT2D eigenvalue weighted by molar-refractivity contribution is -0.118. The van der Waals surface area contributed by atoms with Crippen molar-refractivity contribution in [3.8, 4) is 5.75 Å². The van der Waals surface area contributed by atoms with Crippen molar-refractivity contribution in [3.63, 3.8) is 0 Å². The molecular weight excluding hydrogens is 460 g/mol. The molecule has 0 radical (unpaired) electrons. The first kappa shape index (κ1) is 23.6. The highest BCUT2D eigenvalue weighted by atomic mass is 32.3. The molecule has 0 aromatic heterocycles. The second kappa shape index (κ2) is 9.61. The topological polar surface area (TPSA) is 117 Å². The number of benzene rings is 2. The number of rotatable bonds is 8. The molecule has 11 heteroatoms. The molecule has 1 atom stereocenters. The summed E-state index contributed by atoms with van der Waals surface area (Å²) < 4.78 is 50.0. The molecule has 3 rings (SSSR count). The molecule has 0 spiro atoms. The second-order valence-electron chi connectivity index (χ2n) is 6.90. The Bertz CT molecular complexity index is 1060. The van der Waals surface area contributed by atoms with Crippen LogP contribution in [0.15, 0.2) is 59.6 Å². The molecule has 0 aliphatic carbocycles. The van der Waals surface area contributed by atoms with Gasteiger partial charge in [0.1, 0.15) is 16.7 Å². The van der Waals surface area contributed by atoms with Crippen molar-refractivity contribution in [1.82, 2.24) is 4.31 Å². The maximum absolute atomic E-state index is 12.9. The third-order valence-corrected chi connectivity index (χ3v) is 7.78. The highest BCUT2D eigenvalue weighted by Crippen LogP contribution is 2.62. The van der Waals surface area contributed by atoms with Gasteiger partial charge in [-0.05, 0) is 35.9 Å². The second-order valence-corrected chi connectivity index (χ2v) is 11.3. The molecule has 1 heterocycles. The largest absolute Gasteiger partial charge is 0.383 e. The molecule has 2 aromatic rings. The Morgan fingerprint density at radius 3 is 2.35 bits per heavy atom. The van der Waals surface area contributed by atoms with Gasteiger partial charge in [-0.2, -0.15) is 8.42 Å². The molecule has 2 aromatic carbocycles. The van der Waals surface area contributed by atoms with E-state index in [1.807, 2.05) is 6.07 Å². The van der Waals surface area contributed by atoms with Crippen molar-refractivity contribution in [2.45, 2.75) is 11.7 Å². The molecule has 0 bridgehead atoms. The number of carbonyl (C=O) groups excluding carboxylic acids is 1. The summed E-state index contributed by atoms with van der Waals surface area (Å²) in [6.07, 6.45) is 3.25. The van der Waals surface area contributed by atoms with Crippen LogP contribution in [0.2, 0.25) is 0 Å². The van der Waals surface area contributed by atoms with Crippen molar-refractivity contribution in [2.24, 2.45) is 4.99 Å². The summed E-state index contributed by atoms with van der Waals surface area (Å²) in [4.78, 5) is 17.4. The van der Waals surface area contributed by atoms with Crippen LogP contribution < -0.4 is 4.18 Å². The molecule has 31 heavy (non-hydrogen) atoms. The maximum Gasteiger partial charge on any atom is 0.306 e. The van der Waals surface area contributed by atoms with E-state index in [1.54, 1.807) is 54.8 Å². The first-order valence-electron chi connectivity index (χ1n) is 9.29. The summed E-state index contributed by atoms with van der Waals surface area (Å²) in [7, 11) is -6.99. The van der Waals surface area contributed by atoms with Gasteiger partial charge in [-0.25, -0.2) is 4.31 Å². The fourth-order valence-corrected chi connectivity index (χ4v) is 6.54. The van der Waals surface area contributed by atoms with Crippen molar-refractivity contribution in [3.05, 3.63) is 65.7 Å². The molecule has 1 saturated heterocycles. The van der Waals surface area contributed by atoms with Gasteiger partial charge in [0.15, 0.2) is 0 Å². The molecule has 1 unspecified atom stereocenters. The summed E-state index contributed by atoms with van der Waals surface area (Å²) in [6, 6.07) is 15.4. The molecule has 2 N–H and O–H groups in total. The van der Waals surface area contributed by atoms with Crippen LogP contribution in [0.4, 0.5) is 0 Å². The van der Waals surface area contributed by atoms with E-state index in [4.69, 9.17) is 4.18 Å². The average molecular weight is 485 g/mol. The first-order valence-corrected chi connectivity index (χ1v) is 14.1. The zero-order valence-corrected chi connectivity index (χ0v) is 19.5. The SMILES string of the molecule is CSCN1C(=O)C(=NCCc2ccc(OS(C)(=O)=O)cc2)C(c2ccccc2)S1(O)O. The average Bonchev–Trinajstić information content (AvgIpc) is 2.89. The van der Waals surface area contributed by atoms with Crippen LogP contribution in [0.25, 0.3) is 0 Å². The van der Waals surface area contributed by atoms with Crippen molar-refractivity contribution >= 4 is 44.3 Å². The normalized spacial score (nSPS) is 20.8. The van der Waals surface area contributed by atoms with Gasteiger partial charge in [-0.1, -0.05) is 42.5 Å². The molecule has 1 aliphatic heterocycles. The van der Waals surface area contributed by atoms with E-state index in [0.717, 1.165) is 16.1 Å². The van der Waals surface area contributed by atoms with Crippen LogP contribution in [0.1, 0.15) is 16.4 Å². The number of nitrogens with zero attached hydrogens (tertiary/aromatic N) is 2. The lowest BCUT2D eigenvalue weighted by atomic mass is 10.1. The van der Waals surface area contributed by atoms with Gasteiger partial charge in [0.2, 0.25) is 0 Å². The van der Waals surface area contributed by atoms with Gasteiger partial charge in [0.05, 0.1) is 12.1 Å². The first-order chi connectivity index (χ1) is 14.6. The highest BCUT2D eigenvalue weighted by molar-refractivity contribution is 8.24. The van der Waals surface area contributed by atoms with Gasteiger partial charge in [-0.15, -0.1) is 22.5 Å². The van der Waals surface area contributed by atoms with E-state index in [2.05, 4.69) is 4.99 Å². The molecular formula is C20H24N2O6S3. The minimum Gasteiger partial charge on any atom is -0.383 e. The Kier molecular flexibility index (Phi) is 7.32. The fourth-order valence-electron chi connectivity index (χ4n) is 3.20. The Morgan fingerprint density at radius 2 is 1.77 bits per heavy atom. The predicted octanol–water partition coefficient (Wildman–Crippen LogP) is 3.58. The van der Waals surface area contributed by atoms with Crippen LogP contribution in [-0.2, 0) is 21.3 Å². The summed E-state index contributed by atoms with van der Waals surface area (Å²) in [6.45, 7) is 0.263. The van der Waals surface area contributed by atoms with E-state index >= 15 is 0 Å². The fraction of sp³-hybridized carbons (Fsp3) is 0.300. The maximum atomic E-state index is 12.9. The summed E-state index contributed by atoms with van der Waals surface area (Å²) >= 11 is 1.33. The summed E-state index contributed by atoms with van der Waals surface area (Å²) in [5, 5.41) is -0.904. The van der Waals surface area contributed by atoms with Gasteiger partial charge in [-0.3, -0.25) is 18.9 Å². The molecule has 0 saturated carbocycles. The Hall–Kier alpha value is -2.05. The summed E-state index contributed by atoms with van der Waals surface area (Å²) in [5.74, 6) is -0.0971. The Balaban J connectivity index is 1.81. The standard InChI is InChI=1S/C20H24N2O6S3/c1-29-14-22-20(23)18(19(31(22,26)27)16-6-4-3-5-7-16)21-13-12-15-8-10-17(11-9-15)28-30(2,24)25/h3-11,19,26-27H,12-14H2,1-2H3. The van der Waals surface area contributed by atoms with Crippen molar-refractivity contribution < 1.29 is 26.5 Å². The van der Waals surface area contributed by atoms with E-state index < -0.39 is 32.1 Å². The number of hydrogen-bond donors (Lipinski definition) is 2. The number of amides is 1. The van der Waals surface area contributed by atoms with E-state index in [-0.39, 0.29) is 23.9 Å². The number of thioether (sulfide) groups is 1. The Labute approximate surface area is 187 Å². The zero-order chi connectivity index (χ0) is 22.6. The molecule has 1 aliphatic rings. The Morgan fingerprint density at radius 1 is 1.13 bits per heavy atom. The third kappa shape index (κ3) is 5.60. The minimum absolute atomic E-state index is 0.136. The van der Waals surface area contributed by atoms with Crippen molar-refractivity contribution in [1.29, 1.82) is 0 Å². The third-order valence-electron chi connectivity index (χ3n) is 4.54. The van der Waals surface area contributed by atoms with E-state index in [1.165, 1.54) is 11.8 Å². The van der Waals surface area contributed by atoms with Gasteiger partial charge >= 0.3 is 10.1 Å². The van der Waals surface area contributed by atoms with Crippen LogP contribution in [-0.4, -0.2) is 58.4 Å². The lowest BCUT2D eigenvalue weighted by Gasteiger charge is -2.39. The van der Waals surface area contributed by atoms with Gasteiger partial charge < -0.3 is 4.18 Å². The van der Waals surface area contributed by atoms with Gasteiger partial charge in [0, 0.05) is 6.54 Å². The van der Waals surface area contributed by atoms with E-state index in [0.29, 0.717) is 12.0 Å². The van der Waals surface area contributed by atoms with Crippen LogP contribution >= 0.6 is 22.5 Å².